The normalized spacial score (nSPS) is 23.1. The molecule has 1 fully saturated rings. The molecule has 0 aromatic heterocycles. The van der Waals surface area contributed by atoms with Gasteiger partial charge in [-0.25, -0.2) is 0 Å². The van der Waals surface area contributed by atoms with Gasteiger partial charge in [-0.2, -0.15) is 0 Å². The van der Waals surface area contributed by atoms with Gasteiger partial charge in [0.05, 0.1) is 24.8 Å². The minimum atomic E-state index is -0.340. The van der Waals surface area contributed by atoms with Gasteiger partial charge in [0.25, 0.3) is 0 Å². The number of benzene rings is 1. The summed E-state index contributed by atoms with van der Waals surface area (Å²) in [5.74, 6) is 1.13. The minimum Gasteiger partial charge on any atom is -0.506 e. The molecule has 1 atom stereocenters. The highest BCUT2D eigenvalue weighted by molar-refractivity contribution is 6.32. The summed E-state index contributed by atoms with van der Waals surface area (Å²) < 4.78 is 10.7. The molecule has 0 amide bonds. The Balaban J connectivity index is 2.66. The van der Waals surface area contributed by atoms with Crippen LogP contribution in [0, 0.1) is 0 Å². The van der Waals surface area contributed by atoms with Crippen LogP contribution in [0.5, 0.6) is 17.2 Å². The molecule has 1 heterocycles. The van der Waals surface area contributed by atoms with Gasteiger partial charge in [-0.1, -0.05) is 11.6 Å². The first-order valence-electron chi connectivity index (χ1n) is 5.92. The maximum Gasteiger partial charge on any atom is 0.169 e. The average Bonchev–Trinajstić information content (AvgIpc) is 2.79. The van der Waals surface area contributed by atoms with E-state index in [1.807, 2.05) is 6.92 Å². The monoisotopic (exact) mass is 271 g/mol. The van der Waals surface area contributed by atoms with E-state index in [0.717, 1.165) is 19.4 Å². The smallest absolute Gasteiger partial charge is 0.169 e. The second-order valence-electron chi connectivity index (χ2n) is 4.68. The van der Waals surface area contributed by atoms with Crippen molar-refractivity contribution < 1.29 is 14.6 Å². The molecule has 0 radical (unpaired) electrons. The molecule has 1 unspecified atom stereocenters. The molecule has 0 bridgehead atoms. The van der Waals surface area contributed by atoms with Crippen molar-refractivity contribution in [3.63, 3.8) is 0 Å². The van der Waals surface area contributed by atoms with Gasteiger partial charge in [-0.3, -0.25) is 0 Å². The second kappa shape index (κ2) is 4.86. The zero-order chi connectivity index (χ0) is 13.3. The first-order chi connectivity index (χ1) is 8.53. The van der Waals surface area contributed by atoms with Crippen LogP contribution in [0.1, 0.15) is 25.3 Å². The van der Waals surface area contributed by atoms with Gasteiger partial charge >= 0.3 is 0 Å². The molecule has 0 aliphatic carbocycles. The first kappa shape index (κ1) is 13.3. The zero-order valence-electron chi connectivity index (χ0n) is 10.8. The van der Waals surface area contributed by atoms with Crippen LogP contribution in [0.4, 0.5) is 0 Å². The SMILES string of the molecule is COc1cc(Cl)c(O)c(C2(C)CCCN2)c1OC. The van der Waals surface area contributed by atoms with Crippen molar-refractivity contribution in [1.29, 1.82) is 0 Å². The Kier molecular flexibility index (Phi) is 3.59. The molecule has 0 saturated carbocycles. The van der Waals surface area contributed by atoms with Crippen LogP contribution in [0.15, 0.2) is 6.07 Å². The molecule has 1 aliphatic heterocycles. The fourth-order valence-electron chi connectivity index (χ4n) is 2.57. The van der Waals surface area contributed by atoms with Crippen molar-refractivity contribution in [2.45, 2.75) is 25.3 Å². The van der Waals surface area contributed by atoms with Crippen LogP contribution < -0.4 is 14.8 Å². The largest absolute Gasteiger partial charge is 0.506 e. The summed E-state index contributed by atoms with van der Waals surface area (Å²) >= 11 is 6.05. The van der Waals surface area contributed by atoms with Crippen LogP contribution in [0.2, 0.25) is 5.02 Å². The summed E-state index contributed by atoms with van der Waals surface area (Å²) in [7, 11) is 3.12. The molecule has 18 heavy (non-hydrogen) atoms. The van der Waals surface area contributed by atoms with Gasteiger partial charge in [0.2, 0.25) is 0 Å². The maximum atomic E-state index is 10.2. The van der Waals surface area contributed by atoms with Crippen molar-refractivity contribution >= 4 is 11.6 Å². The van der Waals surface area contributed by atoms with E-state index >= 15 is 0 Å². The van der Waals surface area contributed by atoms with E-state index < -0.39 is 0 Å². The zero-order valence-corrected chi connectivity index (χ0v) is 11.6. The number of aromatic hydroxyl groups is 1. The predicted molar refractivity (Wildman–Crippen MR) is 70.8 cm³/mol. The number of ether oxygens (including phenoxy) is 2. The summed E-state index contributed by atoms with van der Waals surface area (Å²) in [4.78, 5) is 0. The predicted octanol–water partition coefficient (Wildman–Crippen LogP) is 2.66. The Morgan fingerprint density at radius 3 is 2.61 bits per heavy atom. The van der Waals surface area contributed by atoms with E-state index in [9.17, 15) is 5.11 Å². The number of hydrogen-bond acceptors (Lipinski definition) is 4. The number of nitrogens with one attached hydrogen (secondary N) is 1. The Hall–Kier alpha value is -1.13. The lowest BCUT2D eigenvalue weighted by Crippen LogP contribution is -2.33. The van der Waals surface area contributed by atoms with E-state index in [1.54, 1.807) is 20.3 Å². The average molecular weight is 272 g/mol. The Labute approximate surface area is 112 Å². The Bertz CT molecular complexity index is 456. The van der Waals surface area contributed by atoms with Gasteiger partial charge in [0.15, 0.2) is 11.5 Å². The maximum absolute atomic E-state index is 10.2. The highest BCUT2D eigenvalue weighted by Crippen LogP contribution is 2.49. The second-order valence-corrected chi connectivity index (χ2v) is 5.09. The van der Waals surface area contributed by atoms with Crippen LogP contribution in [0.3, 0.4) is 0 Å². The summed E-state index contributed by atoms with van der Waals surface area (Å²) in [5.41, 5.74) is 0.333. The quantitative estimate of drug-likeness (QED) is 0.887. The summed E-state index contributed by atoms with van der Waals surface area (Å²) in [5, 5.41) is 13.9. The molecule has 1 saturated heterocycles. The van der Waals surface area contributed by atoms with Gasteiger partial charge in [0.1, 0.15) is 5.75 Å². The van der Waals surface area contributed by atoms with Crippen LogP contribution in [0.25, 0.3) is 0 Å². The molecule has 1 aromatic carbocycles. The van der Waals surface area contributed by atoms with Crippen molar-refractivity contribution in [1.82, 2.24) is 5.32 Å². The Morgan fingerprint density at radius 2 is 2.11 bits per heavy atom. The fraction of sp³-hybridized carbons (Fsp3) is 0.538. The van der Waals surface area contributed by atoms with Gasteiger partial charge in [-0.05, 0) is 26.3 Å². The van der Waals surface area contributed by atoms with Gasteiger partial charge in [0, 0.05) is 11.6 Å². The van der Waals surface area contributed by atoms with Crippen LogP contribution in [-0.4, -0.2) is 25.9 Å². The number of methoxy groups -OCH3 is 2. The molecule has 1 aliphatic rings. The summed E-state index contributed by atoms with van der Waals surface area (Å²) in [6, 6.07) is 1.57. The van der Waals surface area contributed by atoms with E-state index in [-0.39, 0.29) is 16.3 Å². The molecule has 100 valence electrons. The Morgan fingerprint density at radius 1 is 1.39 bits per heavy atom. The molecule has 2 N–H and O–H groups in total. The minimum absolute atomic E-state index is 0.0613. The number of rotatable bonds is 3. The van der Waals surface area contributed by atoms with Crippen molar-refractivity contribution in [3.8, 4) is 17.2 Å². The fourth-order valence-corrected chi connectivity index (χ4v) is 2.77. The van der Waals surface area contributed by atoms with E-state index in [1.165, 1.54) is 0 Å². The van der Waals surface area contributed by atoms with Gasteiger partial charge < -0.3 is 19.9 Å². The number of hydrogen-bond donors (Lipinski definition) is 2. The van der Waals surface area contributed by atoms with Crippen LogP contribution in [-0.2, 0) is 5.54 Å². The lowest BCUT2D eigenvalue weighted by molar-refractivity contribution is 0.322. The van der Waals surface area contributed by atoms with E-state index in [2.05, 4.69) is 5.32 Å². The van der Waals surface area contributed by atoms with Crippen molar-refractivity contribution in [2.75, 3.05) is 20.8 Å². The number of halogens is 1. The third-order valence-corrected chi connectivity index (χ3v) is 3.80. The lowest BCUT2D eigenvalue weighted by atomic mass is 9.88. The van der Waals surface area contributed by atoms with Gasteiger partial charge in [-0.15, -0.1) is 0 Å². The molecule has 4 nitrogen and oxygen atoms in total. The van der Waals surface area contributed by atoms with Crippen molar-refractivity contribution in [2.24, 2.45) is 0 Å². The lowest BCUT2D eigenvalue weighted by Gasteiger charge is -2.29. The molecule has 1 aromatic rings. The molecule has 5 heteroatoms. The number of phenols is 1. The van der Waals surface area contributed by atoms with E-state index in [0.29, 0.717) is 17.1 Å². The van der Waals surface area contributed by atoms with Crippen LogP contribution >= 0.6 is 11.6 Å². The molecule has 0 spiro atoms. The summed E-state index contributed by atoms with van der Waals surface area (Å²) in [6.07, 6.45) is 1.97. The summed E-state index contributed by atoms with van der Waals surface area (Å²) in [6.45, 7) is 2.95. The highest BCUT2D eigenvalue weighted by atomic mass is 35.5. The molecule has 2 rings (SSSR count). The first-order valence-corrected chi connectivity index (χ1v) is 6.30. The topological polar surface area (TPSA) is 50.7 Å². The molecular weight excluding hydrogens is 254 g/mol. The van der Waals surface area contributed by atoms with E-state index in [4.69, 9.17) is 21.1 Å². The molecular formula is C13H18ClNO3. The van der Waals surface area contributed by atoms with Crippen molar-refractivity contribution in [3.05, 3.63) is 16.7 Å². The number of phenolic OH excluding ortho intramolecular Hbond substituents is 1. The highest BCUT2D eigenvalue weighted by Gasteiger charge is 2.37. The third-order valence-electron chi connectivity index (χ3n) is 3.52. The standard InChI is InChI=1S/C13H18ClNO3/c1-13(5-4-6-15-13)10-11(16)8(14)7-9(17-2)12(10)18-3/h7,15-16H,4-6H2,1-3H3. The third kappa shape index (κ3) is 1.99.